The smallest absolute Gasteiger partial charge is 0.329 e. The molecule has 1 aromatic rings. The van der Waals surface area contributed by atoms with Gasteiger partial charge in [0.25, 0.3) is 0 Å². The van der Waals surface area contributed by atoms with Gasteiger partial charge in [-0.15, -0.1) is 0 Å². The predicted molar refractivity (Wildman–Crippen MR) is 151 cm³/mol. The van der Waals surface area contributed by atoms with Crippen molar-refractivity contribution in [1.29, 1.82) is 0 Å². The zero-order valence-electron chi connectivity index (χ0n) is 25.8. The summed E-state index contributed by atoms with van der Waals surface area (Å²) in [5.41, 5.74) is -1.61. The molecule has 1 aromatic carbocycles. The molecule has 0 aliphatic rings. The van der Waals surface area contributed by atoms with Crippen LogP contribution in [0.15, 0.2) is 30.3 Å². The van der Waals surface area contributed by atoms with Crippen molar-refractivity contribution in [2.24, 2.45) is 0 Å². The normalized spacial score (nSPS) is 13.3. The lowest BCUT2D eigenvalue weighted by Gasteiger charge is -2.27. The van der Waals surface area contributed by atoms with Crippen LogP contribution < -0.4 is 10.6 Å². The molecular formula is C30H46N2O9. The summed E-state index contributed by atoms with van der Waals surface area (Å²) >= 11 is 0. The van der Waals surface area contributed by atoms with Gasteiger partial charge in [0.2, 0.25) is 0 Å². The van der Waals surface area contributed by atoms with Crippen molar-refractivity contribution in [3.8, 4) is 0 Å². The molecule has 0 saturated heterocycles. The molecule has 0 fully saturated rings. The van der Waals surface area contributed by atoms with Crippen LogP contribution in [0.1, 0.15) is 93.6 Å². The van der Waals surface area contributed by atoms with E-state index in [1.807, 2.05) is 30.3 Å². The number of carbonyl (C=O) groups is 5. The third kappa shape index (κ3) is 16.9. The van der Waals surface area contributed by atoms with Crippen LogP contribution in [-0.4, -0.2) is 58.8 Å². The van der Waals surface area contributed by atoms with E-state index in [2.05, 4.69) is 10.6 Å². The summed E-state index contributed by atoms with van der Waals surface area (Å²) in [5.74, 6) is -2.62. The Morgan fingerprint density at radius 2 is 1.05 bits per heavy atom. The molecule has 0 aromatic heterocycles. The van der Waals surface area contributed by atoms with E-state index in [0.29, 0.717) is 0 Å². The van der Waals surface area contributed by atoms with Gasteiger partial charge in [-0.3, -0.25) is 9.59 Å². The van der Waals surface area contributed by atoms with Gasteiger partial charge in [-0.1, -0.05) is 30.3 Å². The fourth-order valence-corrected chi connectivity index (χ4v) is 3.33. The summed E-state index contributed by atoms with van der Waals surface area (Å²) in [5, 5.41) is 4.97. The van der Waals surface area contributed by atoms with Crippen LogP contribution in [0.5, 0.6) is 0 Å². The second-order valence-electron chi connectivity index (χ2n) is 12.6. The van der Waals surface area contributed by atoms with Crippen LogP contribution >= 0.6 is 0 Å². The van der Waals surface area contributed by atoms with E-state index in [4.69, 9.17) is 18.9 Å². The Balaban J connectivity index is 2.93. The first kappa shape index (κ1) is 35.4. The summed E-state index contributed by atoms with van der Waals surface area (Å²) in [6.07, 6.45) is -0.541. The maximum atomic E-state index is 13.0. The summed E-state index contributed by atoms with van der Waals surface area (Å²) in [4.78, 5) is 63.3. The number of urea groups is 1. The minimum absolute atomic E-state index is 0.0694. The highest BCUT2D eigenvalue weighted by Crippen LogP contribution is 2.15. The number of hydrogen-bond acceptors (Lipinski definition) is 9. The summed E-state index contributed by atoms with van der Waals surface area (Å²) in [6, 6.07) is 5.81. The Bertz CT molecular complexity index is 1030. The van der Waals surface area contributed by atoms with Crippen LogP contribution in [0.25, 0.3) is 0 Å². The van der Waals surface area contributed by atoms with Crippen molar-refractivity contribution in [1.82, 2.24) is 10.6 Å². The second-order valence-corrected chi connectivity index (χ2v) is 12.6. The van der Waals surface area contributed by atoms with Gasteiger partial charge in [-0.05, 0) is 80.7 Å². The van der Waals surface area contributed by atoms with Crippen molar-refractivity contribution in [2.45, 2.75) is 123 Å². The Labute approximate surface area is 243 Å². The zero-order valence-corrected chi connectivity index (χ0v) is 25.8. The minimum atomic E-state index is -1.22. The molecule has 0 heterocycles. The predicted octanol–water partition coefficient (Wildman–Crippen LogP) is 4.35. The zero-order chi connectivity index (χ0) is 31.4. The van der Waals surface area contributed by atoms with Gasteiger partial charge >= 0.3 is 29.9 Å². The number of ether oxygens (including phenoxy) is 4. The van der Waals surface area contributed by atoms with Crippen molar-refractivity contribution in [3.63, 3.8) is 0 Å². The molecule has 0 radical (unpaired) electrons. The van der Waals surface area contributed by atoms with Gasteiger partial charge in [0, 0.05) is 12.8 Å². The van der Waals surface area contributed by atoms with Gasteiger partial charge < -0.3 is 29.6 Å². The first-order valence-electron chi connectivity index (χ1n) is 13.7. The first-order valence-corrected chi connectivity index (χ1v) is 13.7. The number of esters is 4. The average molecular weight is 579 g/mol. The highest BCUT2D eigenvalue weighted by molar-refractivity contribution is 5.88. The van der Waals surface area contributed by atoms with Gasteiger partial charge in [0.15, 0.2) is 0 Å². The van der Waals surface area contributed by atoms with Crippen molar-refractivity contribution >= 4 is 29.9 Å². The van der Waals surface area contributed by atoms with Gasteiger partial charge in [-0.2, -0.15) is 0 Å². The van der Waals surface area contributed by atoms with Gasteiger partial charge in [-0.25, -0.2) is 14.4 Å². The largest absolute Gasteiger partial charge is 0.461 e. The lowest BCUT2D eigenvalue weighted by Crippen LogP contribution is -2.53. The topological polar surface area (TPSA) is 146 Å². The quantitative estimate of drug-likeness (QED) is 0.273. The second kappa shape index (κ2) is 15.4. The number of nitrogens with one attached hydrogen (secondary N) is 2. The van der Waals surface area contributed by atoms with Crippen molar-refractivity contribution < 1.29 is 42.9 Å². The maximum absolute atomic E-state index is 13.0. The fourth-order valence-electron chi connectivity index (χ4n) is 3.33. The van der Waals surface area contributed by atoms with E-state index in [0.717, 1.165) is 5.56 Å². The Morgan fingerprint density at radius 1 is 0.634 bits per heavy atom. The van der Waals surface area contributed by atoms with E-state index < -0.39 is 58.8 Å². The molecule has 0 unspecified atom stereocenters. The molecule has 11 heteroatoms. The minimum Gasteiger partial charge on any atom is -0.461 e. The van der Waals surface area contributed by atoms with E-state index in [9.17, 15) is 24.0 Å². The van der Waals surface area contributed by atoms with Crippen LogP contribution in [0.4, 0.5) is 4.79 Å². The van der Waals surface area contributed by atoms with Gasteiger partial charge in [0.05, 0.1) is 0 Å². The fraction of sp³-hybridized carbons (Fsp3) is 0.633. The molecule has 2 amide bonds. The van der Waals surface area contributed by atoms with Gasteiger partial charge in [0.1, 0.15) is 35.5 Å². The average Bonchev–Trinajstić information content (AvgIpc) is 2.80. The summed E-state index contributed by atoms with van der Waals surface area (Å²) < 4.78 is 21.4. The number of benzene rings is 1. The van der Waals surface area contributed by atoms with E-state index in [-0.39, 0.29) is 32.3 Å². The van der Waals surface area contributed by atoms with E-state index in [1.165, 1.54) is 0 Å². The lowest BCUT2D eigenvalue weighted by atomic mass is 10.1. The lowest BCUT2D eigenvalue weighted by molar-refractivity contribution is -0.159. The first-order chi connectivity index (χ1) is 18.7. The number of carbonyl (C=O) groups excluding carboxylic acids is 5. The molecule has 1 rings (SSSR count). The number of rotatable bonds is 12. The molecular weight excluding hydrogens is 532 g/mol. The van der Waals surface area contributed by atoms with Crippen LogP contribution in [-0.2, 0) is 44.7 Å². The molecule has 0 spiro atoms. The summed E-state index contributed by atoms with van der Waals surface area (Å²) in [7, 11) is 0. The van der Waals surface area contributed by atoms with Crippen LogP contribution in [0, 0.1) is 0 Å². The maximum Gasteiger partial charge on any atom is 0.329 e. The highest BCUT2D eigenvalue weighted by Gasteiger charge is 2.31. The van der Waals surface area contributed by atoms with Crippen LogP contribution in [0.2, 0.25) is 0 Å². The molecule has 230 valence electrons. The van der Waals surface area contributed by atoms with Crippen molar-refractivity contribution in [2.75, 3.05) is 0 Å². The summed E-state index contributed by atoms with van der Waals surface area (Å²) in [6.45, 7) is 15.3. The number of amides is 2. The van der Waals surface area contributed by atoms with Crippen LogP contribution in [0.3, 0.4) is 0 Å². The standard InChI is InChI=1S/C30H46N2O9/c1-28(2,3)39-24(34)18-16-22(26(36)41-30(7,8)9)32-27(37)31-21(25(35)40-29(4,5)6)15-17-23(33)38-19-20-13-11-10-12-14-20/h10-14,21-22H,15-19H2,1-9H3,(H2,31,32,37)/t21-,22-/m0/s1. The Morgan fingerprint density at radius 3 is 1.46 bits per heavy atom. The highest BCUT2D eigenvalue weighted by atomic mass is 16.6. The molecule has 0 aliphatic heterocycles. The molecule has 0 saturated carbocycles. The molecule has 11 nitrogen and oxygen atoms in total. The third-order valence-electron chi connectivity index (χ3n) is 4.93. The van der Waals surface area contributed by atoms with Crippen molar-refractivity contribution in [3.05, 3.63) is 35.9 Å². The molecule has 2 atom stereocenters. The Kier molecular flexibility index (Phi) is 13.3. The molecule has 0 bridgehead atoms. The third-order valence-corrected chi connectivity index (χ3v) is 4.93. The SMILES string of the molecule is CC(C)(C)OC(=O)CC[C@H](NC(=O)N[C@@H](CCC(=O)OCc1ccccc1)C(=O)OC(C)(C)C)C(=O)OC(C)(C)C. The molecule has 0 aliphatic carbocycles. The van der Waals surface area contributed by atoms with E-state index in [1.54, 1.807) is 62.3 Å². The monoisotopic (exact) mass is 578 g/mol. The molecule has 2 N–H and O–H groups in total. The molecule has 41 heavy (non-hydrogen) atoms. The number of hydrogen-bond donors (Lipinski definition) is 2. The Hall–Kier alpha value is -3.63. The van der Waals surface area contributed by atoms with E-state index >= 15 is 0 Å².